The number of benzene rings is 2. The molecule has 0 radical (unpaired) electrons. The molecule has 1 heterocycles. The molecule has 0 unspecified atom stereocenters. The molecule has 3 aliphatic rings. The maximum atomic E-state index is 12.4. The number of nitrogens with one attached hydrogen (secondary N) is 3. The Labute approximate surface area is 204 Å². The Balaban J connectivity index is 1.34. The van der Waals surface area contributed by atoms with Gasteiger partial charge in [0.2, 0.25) is 5.91 Å². The lowest BCUT2D eigenvalue weighted by molar-refractivity contribution is -0.135. The van der Waals surface area contributed by atoms with Gasteiger partial charge in [-0.25, -0.2) is 0 Å². The molecule has 5 rings (SSSR count). The maximum absolute atomic E-state index is 12.4. The summed E-state index contributed by atoms with van der Waals surface area (Å²) in [4.78, 5) is 49.0. The molecule has 3 amide bonds. The molecular weight excluding hydrogens is 502 g/mol. The lowest BCUT2D eigenvalue weighted by Gasteiger charge is -2.19. The van der Waals surface area contributed by atoms with Gasteiger partial charge in [0.15, 0.2) is 5.75 Å². The molecule has 34 heavy (non-hydrogen) atoms. The Morgan fingerprint density at radius 1 is 1.00 bits per heavy atom. The lowest BCUT2D eigenvalue weighted by Crippen LogP contribution is -2.37. The molecule has 174 valence electrons. The molecule has 9 heteroatoms. The monoisotopic (exact) mass is 523 g/mol. The molecular formula is C25H22BrN3O5. The maximum Gasteiger partial charge on any atom is 0.314 e. The number of carbonyl (C=O) groups excluding carboxylic acids is 4. The van der Waals surface area contributed by atoms with E-state index in [1.807, 2.05) is 6.07 Å². The number of ether oxygens (including phenoxy) is 1. The van der Waals surface area contributed by atoms with Crippen molar-refractivity contribution in [2.24, 2.45) is 11.8 Å². The molecule has 2 fully saturated rings. The van der Waals surface area contributed by atoms with Gasteiger partial charge in [0.05, 0.1) is 17.2 Å². The molecule has 2 saturated carbocycles. The van der Waals surface area contributed by atoms with Gasteiger partial charge < -0.3 is 15.4 Å². The zero-order valence-corrected chi connectivity index (χ0v) is 19.7. The molecule has 8 nitrogen and oxygen atoms in total. The third-order valence-corrected chi connectivity index (χ3v) is 6.41. The summed E-state index contributed by atoms with van der Waals surface area (Å²) >= 11 is 3.38. The summed E-state index contributed by atoms with van der Waals surface area (Å²) in [5.41, 5.74) is 2.55. The molecule has 1 aliphatic heterocycles. The van der Waals surface area contributed by atoms with Crippen LogP contribution in [-0.2, 0) is 20.9 Å². The van der Waals surface area contributed by atoms with E-state index in [1.54, 1.807) is 36.5 Å². The topological polar surface area (TPSA) is 114 Å². The summed E-state index contributed by atoms with van der Waals surface area (Å²) in [6.07, 6.45) is 4.95. The normalized spacial score (nSPS) is 18.2. The van der Waals surface area contributed by atoms with Crippen LogP contribution < -0.4 is 20.7 Å². The van der Waals surface area contributed by atoms with Crippen LogP contribution in [0.1, 0.15) is 47.2 Å². The predicted molar refractivity (Wildman–Crippen MR) is 128 cm³/mol. The van der Waals surface area contributed by atoms with Gasteiger partial charge in [-0.2, -0.15) is 0 Å². The van der Waals surface area contributed by atoms with Crippen LogP contribution in [0.3, 0.4) is 0 Å². The van der Waals surface area contributed by atoms with Crippen LogP contribution in [0.5, 0.6) is 5.75 Å². The van der Waals surface area contributed by atoms with Gasteiger partial charge in [-0.05, 0) is 61.6 Å². The minimum Gasteiger partial charge on any atom is -0.424 e. The first-order chi connectivity index (χ1) is 16.4. The van der Waals surface area contributed by atoms with Crippen molar-refractivity contribution in [3.63, 3.8) is 0 Å². The van der Waals surface area contributed by atoms with Gasteiger partial charge in [0.25, 0.3) is 11.8 Å². The van der Waals surface area contributed by atoms with Gasteiger partial charge in [0, 0.05) is 34.3 Å². The van der Waals surface area contributed by atoms with E-state index < -0.39 is 11.8 Å². The Bertz CT molecular complexity index is 1250. The zero-order valence-electron chi connectivity index (χ0n) is 18.2. The number of fused-ring (bicyclic) bond motifs is 1. The summed E-state index contributed by atoms with van der Waals surface area (Å²) < 4.78 is 6.35. The van der Waals surface area contributed by atoms with Crippen molar-refractivity contribution in [3.8, 4) is 5.75 Å². The summed E-state index contributed by atoms with van der Waals surface area (Å²) in [6.45, 7) is 0.332. The highest BCUT2D eigenvalue weighted by atomic mass is 79.9. The smallest absolute Gasteiger partial charge is 0.314 e. The largest absolute Gasteiger partial charge is 0.424 e. The zero-order chi connectivity index (χ0) is 23.8. The second-order valence-corrected chi connectivity index (χ2v) is 9.62. The molecule has 2 aromatic rings. The van der Waals surface area contributed by atoms with Crippen LogP contribution in [0.4, 0.5) is 5.69 Å². The van der Waals surface area contributed by atoms with Crippen molar-refractivity contribution in [3.05, 3.63) is 63.8 Å². The predicted octanol–water partition coefficient (Wildman–Crippen LogP) is 3.51. The SMILES string of the molecule is O=C1NC(=O)c2ccc(Br)cc2/C1=C/NCc1ccc(NC(=O)C2CC2)c(OC(=O)C2CC2)c1. The molecule has 0 aromatic heterocycles. The standard InChI is InChI=1S/C25H22BrN3O5/c26-16-6-7-17-18(10-16)19(24(32)29-23(17)31)12-27-11-13-1-8-20(28-22(30)14-2-3-14)21(9-13)34-25(33)15-4-5-15/h1,6-10,12,14-15,27H,2-5,11H2,(H,28,30)(H,29,31,32)/b19-12-. The highest BCUT2D eigenvalue weighted by Crippen LogP contribution is 2.35. The molecule has 2 aromatic carbocycles. The number of anilines is 1. The summed E-state index contributed by atoms with van der Waals surface area (Å²) in [5, 5.41) is 8.31. The Kier molecular flexibility index (Phi) is 5.95. The van der Waals surface area contributed by atoms with Crippen molar-refractivity contribution in [2.45, 2.75) is 32.2 Å². The molecule has 2 aliphatic carbocycles. The summed E-state index contributed by atoms with van der Waals surface area (Å²) in [5.74, 6) is -1.02. The van der Waals surface area contributed by atoms with E-state index in [-0.39, 0.29) is 23.7 Å². The molecule has 0 saturated heterocycles. The third kappa shape index (κ3) is 4.89. The quantitative estimate of drug-likeness (QED) is 0.221. The Morgan fingerprint density at radius 3 is 2.50 bits per heavy atom. The average Bonchev–Trinajstić information content (AvgIpc) is 3.70. The van der Waals surface area contributed by atoms with E-state index in [1.165, 1.54) is 0 Å². The van der Waals surface area contributed by atoms with Crippen molar-refractivity contribution < 1.29 is 23.9 Å². The lowest BCUT2D eigenvalue weighted by atomic mass is 9.95. The number of halogens is 1. The van der Waals surface area contributed by atoms with Crippen LogP contribution in [0.15, 0.2) is 47.1 Å². The van der Waals surface area contributed by atoms with Crippen LogP contribution >= 0.6 is 15.9 Å². The number of hydrogen-bond acceptors (Lipinski definition) is 6. The van der Waals surface area contributed by atoms with Gasteiger partial charge in [-0.15, -0.1) is 0 Å². The van der Waals surface area contributed by atoms with Crippen molar-refractivity contribution in [2.75, 3.05) is 5.32 Å². The summed E-state index contributed by atoms with van der Waals surface area (Å²) in [7, 11) is 0. The number of imide groups is 1. The molecule has 0 spiro atoms. The van der Waals surface area contributed by atoms with Crippen LogP contribution in [0.25, 0.3) is 5.57 Å². The Hall–Kier alpha value is -3.46. The fourth-order valence-electron chi connectivity index (χ4n) is 3.67. The first-order valence-electron chi connectivity index (χ1n) is 11.1. The van der Waals surface area contributed by atoms with Crippen LogP contribution in [0, 0.1) is 11.8 Å². The number of amides is 3. The minimum absolute atomic E-state index is 0.0244. The van der Waals surface area contributed by atoms with Gasteiger partial charge >= 0.3 is 5.97 Å². The second-order valence-electron chi connectivity index (χ2n) is 8.70. The van der Waals surface area contributed by atoms with Crippen molar-refractivity contribution in [1.29, 1.82) is 0 Å². The van der Waals surface area contributed by atoms with E-state index in [4.69, 9.17) is 4.74 Å². The fourth-order valence-corrected chi connectivity index (χ4v) is 4.03. The minimum atomic E-state index is -0.486. The van der Waals surface area contributed by atoms with Gasteiger partial charge in [0.1, 0.15) is 0 Å². The summed E-state index contributed by atoms with van der Waals surface area (Å²) in [6, 6.07) is 10.4. The van der Waals surface area contributed by atoms with E-state index in [2.05, 4.69) is 31.9 Å². The Morgan fingerprint density at radius 2 is 1.76 bits per heavy atom. The number of hydrogen-bond donors (Lipinski definition) is 3. The fraction of sp³-hybridized carbons (Fsp3) is 0.280. The van der Waals surface area contributed by atoms with E-state index in [9.17, 15) is 19.2 Å². The van der Waals surface area contributed by atoms with Gasteiger partial charge in [-0.3, -0.25) is 24.5 Å². The first-order valence-corrected chi connectivity index (χ1v) is 11.9. The van der Waals surface area contributed by atoms with E-state index >= 15 is 0 Å². The second kappa shape index (κ2) is 9.06. The van der Waals surface area contributed by atoms with Crippen LogP contribution in [-0.4, -0.2) is 23.7 Å². The van der Waals surface area contributed by atoms with Gasteiger partial charge in [-0.1, -0.05) is 22.0 Å². The van der Waals surface area contributed by atoms with E-state index in [0.29, 0.717) is 34.7 Å². The highest BCUT2D eigenvalue weighted by Gasteiger charge is 2.33. The van der Waals surface area contributed by atoms with Crippen molar-refractivity contribution >= 4 is 50.9 Å². The third-order valence-electron chi connectivity index (χ3n) is 5.91. The number of esters is 1. The molecule has 0 bridgehead atoms. The average molecular weight is 524 g/mol. The van der Waals surface area contributed by atoms with Crippen LogP contribution in [0.2, 0.25) is 0 Å². The molecule has 3 N–H and O–H groups in total. The number of carbonyl (C=O) groups is 4. The highest BCUT2D eigenvalue weighted by molar-refractivity contribution is 9.10. The van der Waals surface area contributed by atoms with Crippen molar-refractivity contribution in [1.82, 2.24) is 10.6 Å². The number of rotatable bonds is 7. The molecule has 0 atom stereocenters. The first kappa shape index (κ1) is 22.3. The van der Waals surface area contributed by atoms with E-state index in [0.717, 1.165) is 35.7 Å².